The number of aliphatic hydroxyl groups excluding tert-OH is 1. The van der Waals surface area contributed by atoms with E-state index in [1.54, 1.807) is 23.1 Å². The van der Waals surface area contributed by atoms with E-state index in [9.17, 15) is 22.0 Å². The van der Waals surface area contributed by atoms with Crippen LogP contribution in [0.2, 0.25) is 0 Å². The number of carbonyl (C=O) groups excluding carboxylic acids is 1. The van der Waals surface area contributed by atoms with Crippen molar-refractivity contribution in [1.29, 1.82) is 0 Å². The molecule has 2 saturated heterocycles. The highest BCUT2D eigenvalue weighted by molar-refractivity contribution is 7.92. The summed E-state index contributed by atoms with van der Waals surface area (Å²) in [7, 11) is -3.74. The highest BCUT2D eigenvalue weighted by atomic mass is 32.2. The van der Waals surface area contributed by atoms with Crippen LogP contribution >= 0.6 is 0 Å². The molecule has 3 N–H and O–H groups in total. The van der Waals surface area contributed by atoms with Gasteiger partial charge in [0.15, 0.2) is 0 Å². The molecule has 0 atom stereocenters. The summed E-state index contributed by atoms with van der Waals surface area (Å²) in [6.07, 6.45) is 6.30. The van der Waals surface area contributed by atoms with E-state index >= 15 is 0 Å². The van der Waals surface area contributed by atoms with Gasteiger partial charge in [0.2, 0.25) is 16.0 Å². The topological polar surface area (TPSA) is 128 Å². The van der Waals surface area contributed by atoms with Crippen molar-refractivity contribution in [2.75, 3.05) is 58.4 Å². The summed E-state index contributed by atoms with van der Waals surface area (Å²) in [5.74, 6) is -2.73. The number of aryl methyl sites for hydroxylation is 1. The number of amides is 1. The number of rotatable bonds is 8. The number of fused-ring (bicyclic) bond motifs is 1. The smallest absolute Gasteiger partial charge is 0.258 e. The van der Waals surface area contributed by atoms with Crippen LogP contribution in [-0.2, 0) is 22.9 Å². The molecular formula is C28H36F2N6O4S. The Balaban J connectivity index is 1.29. The van der Waals surface area contributed by atoms with Crippen molar-refractivity contribution >= 4 is 39.1 Å². The first kappa shape index (κ1) is 28.1. The number of benzene rings is 1. The van der Waals surface area contributed by atoms with Gasteiger partial charge >= 0.3 is 0 Å². The van der Waals surface area contributed by atoms with Gasteiger partial charge in [-0.2, -0.15) is 4.98 Å². The maximum atomic E-state index is 13.8. The molecule has 0 bridgehead atoms. The van der Waals surface area contributed by atoms with Gasteiger partial charge in [0, 0.05) is 44.6 Å². The summed E-state index contributed by atoms with van der Waals surface area (Å²) < 4.78 is 54.7. The number of alkyl halides is 2. The van der Waals surface area contributed by atoms with Crippen LogP contribution in [0.1, 0.15) is 66.6 Å². The predicted molar refractivity (Wildman–Crippen MR) is 152 cm³/mol. The second kappa shape index (κ2) is 10.6. The quantitative estimate of drug-likeness (QED) is 0.426. The summed E-state index contributed by atoms with van der Waals surface area (Å²) in [5.41, 5.74) is 3.46. The van der Waals surface area contributed by atoms with E-state index in [2.05, 4.69) is 24.9 Å². The average Bonchev–Trinajstić information content (AvgIpc) is 3.49. The highest BCUT2D eigenvalue weighted by Gasteiger charge is 2.44. The number of aliphatic hydroxyl groups is 1. The molecule has 13 heteroatoms. The second-order valence-electron chi connectivity index (χ2n) is 11.8. The zero-order chi connectivity index (χ0) is 28.8. The summed E-state index contributed by atoms with van der Waals surface area (Å²) in [4.78, 5) is 27.0. The van der Waals surface area contributed by atoms with E-state index < -0.39 is 28.3 Å². The molecule has 1 aromatic carbocycles. The first-order valence-corrected chi connectivity index (χ1v) is 16.0. The van der Waals surface area contributed by atoms with Crippen molar-refractivity contribution < 1.29 is 27.1 Å². The summed E-state index contributed by atoms with van der Waals surface area (Å²) in [6, 6.07) is 4.83. The molecule has 1 saturated carbocycles. The third kappa shape index (κ3) is 6.11. The van der Waals surface area contributed by atoms with Crippen LogP contribution in [0.15, 0.2) is 18.2 Å². The number of hydrogen-bond acceptors (Lipinski definition) is 8. The van der Waals surface area contributed by atoms with Crippen molar-refractivity contribution in [3.05, 3.63) is 35.0 Å². The first-order chi connectivity index (χ1) is 19.6. The number of carbonyl (C=O) groups is 1. The van der Waals surface area contributed by atoms with E-state index in [1.807, 2.05) is 0 Å². The summed E-state index contributed by atoms with van der Waals surface area (Å²) >= 11 is 0. The van der Waals surface area contributed by atoms with Gasteiger partial charge in [-0.15, -0.1) is 0 Å². The molecule has 2 aromatic rings. The summed E-state index contributed by atoms with van der Waals surface area (Å²) in [6.45, 7) is 1.32. The fraction of sp³-hybridized carbons (Fsp3) is 0.607. The van der Waals surface area contributed by atoms with Gasteiger partial charge in [0.05, 0.1) is 35.0 Å². The Bertz CT molecular complexity index is 1430. The number of halogens is 2. The molecule has 1 amide bonds. The Morgan fingerprint density at radius 3 is 2.37 bits per heavy atom. The van der Waals surface area contributed by atoms with Crippen LogP contribution < -0.4 is 19.8 Å². The lowest BCUT2D eigenvalue weighted by Gasteiger charge is -2.35. The van der Waals surface area contributed by atoms with E-state index in [4.69, 9.17) is 5.11 Å². The third-order valence-electron chi connectivity index (χ3n) is 8.93. The lowest BCUT2D eigenvalue weighted by Crippen LogP contribution is -2.40. The van der Waals surface area contributed by atoms with E-state index in [1.165, 1.54) is 12.8 Å². The highest BCUT2D eigenvalue weighted by Crippen LogP contribution is 2.54. The maximum Gasteiger partial charge on any atom is 0.258 e. The number of sulfonamides is 1. The Hall–Kier alpha value is -3.06. The van der Waals surface area contributed by atoms with Gasteiger partial charge in [-0.05, 0) is 68.6 Å². The molecule has 0 radical (unpaired) electrons. The van der Waals surface area contributed by atoms with Crippen molar-refractivity contribution in [3.8, 4) is 0 Å². The normalized spacial score (nSPS) is 21.0. The molecule has 10 nitrogen and oxygen atoms in total. The first-order valence-electron chi connectivity index (χ1n) is 14.4. The number of piperidine rings is 2. The zero-order valence-corrected chi connectivity index (χ0v) is 23.8. The Kier molecular flexibility index (Phi) is 7.29. The van der Waals surface area contributed by atoms with Gasteiger partial charge in [-0.25, -0.2) is 22.2 Å². The Morgan fingerprint density at radius 1 is 0.976 bits per heavy atom. The standard InChI is InChI=1S/C28H36F2N6O4S/c29-28(30)10-14-36(15-11-28)26-31-22-3-1-2-20(22)24(33-26)32-25(38)21-5-4-19(34-41(39,40)17-16-37)18-23(21)35-12-8-27(6-7-27)9-13-35/h4-5,18,34,37H,1-3,6-17H2,(H,31,32,33,38). The molecule has 3 heterocycles. The molecule has 3 fully saturated rings. The molecule has 41 heavy (non-hydrogen) atoms. The minimum absolute atomic E-state index is 0.146. The third-order valence-corrected chi connectivity index (χ3v) is 10.2. The van der Waals surface area contributed by atoms with Gasteiger partial charge in [-0.1, -0.05) is 0 Å². The second-order valence-corrected chi connectivity index (χ2v) is 13.7. The number of anilines is 4. The van der Waals surface area contributed by atoms with E-state index in [0.29, 0.717) is 34.1 Å². The van der Waals surface area contributed by atoms with Crippen LogP contribution in [-0.4, -0.2) is 73.9 Å². The molecule has 1 aromatic heterocycles. The zero-order valence-electron chi connectivity index (χ0n) is 23.0. The lowest BCUT2D eigenvalue weighted by atomic mass is 9.93. The summed E-state index contributed by atoms with van der Waals surface area (Å²) in [5, 5.41) is 12.1. The van der Waals surface area contributed by atoms with Gasteiger partial charge in [-0.3, -0.25) is 9.52 Å². The van der Waals surface area contributed by atoms with Crippen LogP contribution in [0.5, 0.6) is 0 Å². The van der Waals surface area contributed by atoms with Gasteiger partial charge in [0.1, 0.15) is 5.82 Å². The SMILES string of the molecule is O=C(Nc1nc(N2CCC(F)(F)CC2)nc2c1CCC2)c1ccc(NS(=O)(=O)CCO)cc1N1CCC2(CC1)CC2. The maximum absolute atomic E-state index is 13.8. The molecule has 0 unspecified atom stereocenters. The van der Waals surface area contributed by atoms with Crippen molar-refractivity contribution in [2.45, 2.75) is 63.7 Å². The largest absolute Gasteiger partial charge is 0.395 e. The Morgan fingerprint density at radius 2 is 1.68 bits per heavy atom. The van der Waals surface area contributed by atoms with Gasteiger partial charge < -0.3 is 20.2 Å². The van der Waals surface area contributed by atoms with E-state index in [0.717, 1.165) is 56.5 Å². The lowest BCUT2D eigenvalue weighted by molar-refractivity contribution is -0.0222. The minimum atomic E-state index is -3.74. The van der Waals surface area contributed by atoms with Crippen LogP contribution in [0, 0.1) is 5.41 Å². The van der Waals surface area contributed by atoms with Crippen molar-refractivity contribution in [3.63, 3.8) is 0 Å². The predicted octanol–water partition coefficient (Wildman–Crippen LogP) is 3.57. The van der Waals surface area contributed by atoms with Crippen LogP contribution in [0.4, 0.5) is 31.9 Å². The number of nitrogens with one attached hydrogen (secondary N) is 2. The van der Waals surface area contributed by atoms with Crippen molar-refractivity contribution in [1.82, 2.24) is 9.97 Å². The molecule has 2 aliphatic carbocycles. The number of hydrogen-bond donors (Lipinski definition) is 3. The Labute approximate surface area is 238 Å². The molecule has 222 valence electrons. The number of aromatic nitrogens is 2. The fourth-order valence-corrected chi connectivity index (χ4v) is 7.00. The molecule has 6 rings (SSSR count). The molecular weight excluding hydrogens is 554 g/mol. The van der Waals surface area contributed by atoms with E-state index in [-0.39, 0.29) is 31.8 Å². The monoisotopic (exact) mass is 590 g/mol. The average molecular weight is 591 g/mol. The number of nitrogens with zero attached hydrogens (tertiary/aromatic N) is 4. The van der Waals surface area contributed by atoms with Gasteiger partial charge in [0.25, 0.3) is 11.8 Å². The fourth-order valence-electron chi connectivity index (χ4n) is 6.17. The van der Waals surface area contributed by atoms with Crippen LogP contribution in [0.25, 0.3) is 0 Å². The molecule has 1 spiro atoms. The van der Waals surface area contributed by atoms with Crippen LogP contribution in [0.3, 0.4) is 0 Å². The molecule has 4 aliphatic rings. The molecule has 2 aliphatic heterocycles. The van der Waals surface area contributed by atoms with Crippen molar-refractivity contribution in [2.24, 2.45) is 5.41 Å². The minimum Gasteiger partial charge on any atom is -0.395 e.